The number of piperazine rings is 1. The number of rotatable bonds is 2. The van der Waals surface area contributed by atoms with E-state index in [1.165, 1.54) is 6.07 Å². The van der Waals surface area contributed by atoms with Crippen molar-refractivity contribution >= 4 is 23.4 Å². The molecule has 0 radical (unpaired) electrons. The third-order valence-corrected chi connectivity index (χ3v) is 3.88. The first-order valence-corrected chi connectivity index (χ1v) is 6.91. The molecular weight excluding hydrogens is 317 g/mol. The Morgan fingerprint density at radius 2 is 1.91 bits per heavy atom. The van der Waals surface area contributed by atoms with Gasteiger partial charge in [-0.3, -0.25) is 4.90 Å². The second kappa shape index (κ2) is 6.44. The van der Waals surface area contributed by atoms with Gasteiger partial charge in [-0.1, -0.05) is 0 Å². The molecular formula is C14H18ClF3N4. The number of imidazole rings is 1. The van der Waals surface area contributed by atoms with Crippen LogP contribution in [0.3, 0.4) is 0 Å². The number of fused-ring (bicyclic) bond motifs is 1. The van der Waals surface area contributed by atoms with Crippen molar-refractivity contribution in [1.82, 2.24) is 19.8 Å². The van der Waals surface area contributed by atoms with E-state index in [9.17, 15) is 13.2 Å². The number of aromatic nitrogens is 2. The smallest absolute Gasteiger partial charge is 0.330 e. The molecule has 122 valence electrons. The number of nitrogens with zero attached hydrogens (tertiary/aromatic N) is 3. The Hall–Kier alpha value is -1.31. The van der Waals surface area contributed by atoms with Gasteiger partial charge < -0.3 is 9.88 Å². The molecule has 1 aromatic carbocycles. The standard InChI is InChI=1S/C14H17F3N4.ClH/c1-20-12-3-2-10(14(15,16)17)8-11(12)19-13(20)9-21-6-4-18-5-7-21;/h2-3,8,18H,4-7,9H2,1H3;1H. The molecule has 8 heteroatoms. The van der Waals surface area contributed by atoms with Gasteiger partial charge in [0.15, 0.2) is 0 Å². The van der Waals surface area contributed by atoms with Crippen molar-refractivity contribution in [2.24, 2.45) is 7.05 Å². The monoisotopic (exact) mass is 334 g/mol. The second-order valence-corrected chi connectivity index (χ2v) is 5.31. The van der Waals surface area contributed by atoms with Gasteiger partial charge in [0, 0.05) is 33.2 Å². The fraction of sp³-hybridized carbons (Fsp3) is 0.500. The van der Waals surface area contributed by atoms with Crippen LogP contribution >= 0.6 is 12.4 Å². The van der Waals surface area contributed by atoms with Crippen LogP contribution in [-0.2, 0) is 19.8 Å². The zero-order valence-electron chi connectivity index (χ0n) is 12.2. The van der Waals surface area contributed by atoms with Crippen LogP contribution in [0.2, 0.25) is 0 Å². The van der Waals surface area contributed by atoms with E-state index >= 15 is 0 Å². The summed E-state index contributed by atoms with van der Waals surface area (Å²) in [5.41, 5.74) is 0.479. The molecule has 0 unspecified atom stereocenters. The van der Waals surface area contributed by atoms with E-state index in [2.05, 4.69) is 15.2 Å². The minimum atomic E-state index is -4.33. The molecule has 3 rings (SSSR count). The van der Waals surface area contributed by atoms with Gasteiger partial charge in [0.1, 0.15) is 5.82 Å². The Labute approximate surface area is 132 Å². The SMILES string of the molecule is Cl.Cn1c(CN2CCNCC2)nc2cc(C(F)(F)F)ccc21. The maximum absolute atomic E-state index is 12.7. The van der Waals surface area contributed by atoms with Crippen LogP contribution in [0.4, 0.5) is 13.2 Å². The van der Waals surface area contributed by atoms with Gasteiger partial charge in [-0.15, -0.1) is 12.4 Å². The Kier molecular flexibility index (Phi) is 4.99. The first-order chi connectivity index (χ1) is 9.95. The predicted octanol–water partition coefficient (Wildman–Crippen LogP) is 2.42. The summed E-state index contributed by atoms with van der Waals surface area (Å²) in [6.45, 7) is 4.38. The molecule has 1 aliphatic heterocycles. The van der Waals surface area contributed by atoms with Crippen molar-refractivity contribution in [3.8, 4) is 0 Å². The highest BCUT2D eigenvalue weighted by Gasteiger charge is 2.31. The third kappa shape index (κ3) is 3.37. The van der Waals surface area contributed by atoms with Gasteiger partial charge in [0.05, 0.1) is 23.1 Å². The second-order valence-electron chi connectivity index (χ2n) is 5.31. The number of hydrogen-bond donors (Lipinski definition) is 1. The minimum absolute atomic E-state index is 0. The summed E-state index contributed by atoms with van der Waals surface area (Å²) in [7, 11) is 1.85. The van der Waals surface area contributed by atoms with Gasteiger partial charge in [-0.2, -0.15) is 13.2 Å². The molecule has 0 spiro atoms. The lowest BCUT2D eigenvalue weighted by Crippen LogP contribution is -2.43. The molecule has 1 aromatic heterocycles. The van der Waals surface area contributed by atoms with E-state index < -0.39 is 11.7 Å². The third-order valence-electron chi connectivity index (χ3n) is 3.88. The largest absolute Gasteiger partial charge is 0.416 e. The van der Waals surface area contributed by atoms with E-state index in [0.717, 1.165) is 49.7 Å². The highest BCUT2D eigenvalue weighted by Crippen LogP contribution is 2.31. The van der Waals surface area contributed by atoms with Gasteiger partial charge in [-0.05, 0) is 18.2 Å². The van der Waals surface area contributed by atoms with Crippen LogP contribution in [0.15, 0.2) is 18.2 Å². The van der Waals surface area contributed by atoms with Crippen molar-refractivity contribution in [3.05, 3.63) is 29.6 Å². The topological polar surface area (TPSA) is 33.1 Å². The molecule has 0 atom stereocenters. The van der Waals surface area contributed by atoms with Gasteiger partial charge >= 0.3 is 6.18 Å². The lowest BCUT2D eigenvalue weighted by Gasteiger charge is -2.26. The Morgan fingerprint density at radius 1 is 1.23 bits per heavy atom. The molecule has 1 fully saturated rings. The average molecular weight is 335 g/mol. The van der Waals surface area contributed by atoms with Crippen molar-refractivity contribution in [2.75, 3.05) is 26.2 Å². The highest BCUT2D eigenvalue weighted by molar-refractivity contribution is 5.85. The maximum Gasteiger partial charge on any atom is 0.416 e. The number of nitrogens with one attached hydrogen (secondary N) is 1. The summed E-state index contributed by atoms with van der Waals surface area (Å²) in [6.07, 6.45) is -4.33. The van der Waals surface area contributed by atoms with Gasteiger partial charge in [0.25, 0.3) is 0 Å². The van der Waals surface area contributed by atoms with E-state index in [4.69, 9.17) is 0 Å². The Morgan fingerprint density at radius 3 is 2.55 bits per heavy atom. The van der Waals surface area contributed by atoms with Crippen LogP contribution in [0.1, 0.15) is 11.4 Å². The molecule has 0 saturated carbocycles. The quantitative estimate of drug-likeness (QED) is 0.915. The van der Waals surface area contributed by atoms with Crippen LogP contribution in [0.5, 0.6) is 0 Å². The molecule has 0 bridgehead atoms. The van der Waals surface area contributed by atoms with Gasteiger partial charge in [-0.25, -0.2) is 4.98 Å². The lowest BCUT2D eigenvalue weighted by atomic mass is 10.2. The molecule has 1 saturated heterocycles. The van der Waals surface area contributed by atoms with E-state index in [-0.39, 0.29) is 12.4 Å². The molecule has 0 aliphatic carbocycles. The summed E-state index contributed by atoms with van der Waals surface area (Å²) in [6, 6.07) is 3.72. The number of aryl methyl sites for hydroxylation is 1. The summed E-state index contributed by atoms with van der Waals surface area (Å²) >= 11 is 0. The average Bonchev–Trinajstić information content (AvgIpc) is 2.75. The fourth-order valence-corrected chi connectivity index (χ4v) is 2.64. The van der Waals surface area contributed by atoms with Crippen molar-refractivity contribution in [3.63, 3.8) is 0 Å². The maximum atomic E-state index is 12.7. The van der Waals surface area contributed by atoms with E-state index in [1.807, 2.05) is 11.6 Å². The molecule has 2 aromatic rings. The summed E-state index contributed by atoms with van der Waals surface area (Å²) in [5, 5.41) is 3.27. The number of alkyl halides is 3. The predicted molar refractivity (Wildman–Crippen MR) is 81.1 cm³/mol. The van der Waals surface area contributed by atoms with E-state index in [0.29, 0.717) is 12.1 Å². The van der Waals surface area contributed by atoms with Crippen LogP contribution in [0, 0.1) is 0 Å². The first kappa shape index (κ1) is 17.1. The normalized spacial score (nSPS) is 16.7. The summed E-state index contributed by atoms with van der Waals surface area (Å²) < 4.78 is 40.1. The Bertz CT molecular complexity index is 647. The zero-order chi connectivity index (χ0) is 15.0. The lowest BCUT2D eigenvalue weighted by molar-refractivity contribution is -0.137. The van der Waals surface area contributed by atoms with Gasteiger partial charge in [0.2, 0.25) is 0 Å². The van der Waals surface area contributed by atoms with Crippen molar-refractivity contribution in [2.45, 2.75) is 12.7 Å². The zero-order valence-corrected chi connectivity index (χ0v) is 13.0. The van der Waals surface area contributed by atoms with Crippen molar-refractivity contribution in [1.29, 1.82) is 0 Å². The first-order valence-electron chi connectivity index (χ1n) is 6.91. The van der Waals surface area contributed by atoms with Crippen LogP contribution < -0.4 is 5.32 Å². The van der Waals surface area contributed by atoms with E-state index in [1.54, 1.807) is 0 Å². The minimum Gasteiger partial charge on any atom is -0.330 e. The fourth-order valence-electron chi connectivity index (χ4n) is 2.64. The summed E-state index contributed by atoms with van der Waals surface area (Å²) in [4.78, 5) is 6.63. The molecule has 1 aliphatic rings. The van der Waals surface area contributed by atoms with Crippen LogP contribution in [-0.4, -0.2) is 40.6 Å². The van der Waals surface area contributed by atoms with Crippen LogP contribution in [0.25, 0.3) is 11.0 Å². The molecule has 2 heterocycles. The summed E-state index contributed by atoms with van der Waals surface area (Å²) in [5.74, 6) is 0.797. The molecule has 4 nitrogen and oxygen atoms in total. The molecule has 1 N–H and O–H groups in total. The molecule has 22 heavy (non-hydrogen) atoms. The van der Waals surface area contributed by atoms with Crippen molar-refractivity contribution < 1.29 is 13.2 Å². The number of hydrogen-bond acceptors (Lipinski definition) is 3. The molecule has 0 amide bonds. The number of benzene rings is 1. The number of halogens is 4. The highest BCUT2D eigenvalue weighted by atomic mass is 35.5. The Balaban J connectivity index is 0.00000176.